The number of rotatable bonds is 5. The highest BCUT2D eigenvalue weighted by Crippen LogP contribution is 2.26. The van der Waals surface area contributed by atoms with E-state index in [2.05, 4.69) is 5.32 Å². The molecule has 0 aromatic heterocycles. The Morgan fingerprint density at radius 1 is 1.19 bits per heavy atom. The number of sulfonamides is 1. The molecule has 2 atom stereocenters. The van der Waals surface area contributed by atoms with Crippen LogP contribution in [0.25, 0.3) is 10.8 Å². The maximum Gasteiger partial charge on any atom is 0.252 e. The number of carbonyl (C=O) groups excluding carboxylic acids is 1. The molecule has 1 aliphatic rings. The summed E-state index contributed by atoms with van der Waals surface area (Å²) in [6.07, 6.45) is 0. The van der Waals surface area contributed by atoms with E-state index in [4.69, 9.17) is 16.3 Å². The van der Waals surface area contributed by atoms with Gasteiger partial charge in [0, 0.05) is 36.0 Å². The van der Waals surface area contributed by atoms with Crippen molar-refractivity contribution >= 4 is 38.3 Å². The Kier molecular flexibility index (Phi) is 5.53. The van der Waals surface area contributed by atoms with Crippen molar-refractivity contribution in [3.05, 3.63) is 47.0 Å². The predicted octanol–water partition coefficient (Wildman–Crippen LogP) is 2.13. The molecule has 2 aromatic carbocycles. The van der Waals surface area contributed by atoms with Gasteiger partial charge in [-0.05, 0) is 17.5 Å². The van der Waals surface area contributed by atoms with Crippen molar-refractivity contribution in [1.29, 1.82) is 0 Å². The van der Waals surface area contributed by atoms with Gasteiger partial charge in [-0.15, -0.1) is 0 Å². The Morgan fingerprint density at radius 2 is 1.88 bits per heavy atom. The third-order valence-corrected chi connectivity index (χ3v) is 6.90. The molecule has 0 saturated carbocycles. The zero-order valence-corrected chi connectivity index (χ0v) is 16.2. The topological polar surface area (TPSA) is 75.7 Å². The van der Waals surface area contributed by atoms with Crippen molar-refractivity contribution in [1.82, 2.24) is 9.62 Å². The van der Waals surface area contributed by atoms with E-state index in [9.17, 15) is 13.2 Å². The number of benzene rings is 2. The Labute approximate surface area is 158 Å². The molecule has 1 N–H and O–H groups in total. The Hall–Kier alpha value is -1.67. The van der Waals surface area contributed by atoms with Gasteiger partial charge in [0.1, 0.15) is 0 Å². The summed E-state index contributed by atoms with van der Waals surface area (Å²) in [6, 6.07) is 10.4. The lowest BCUT2D eigenvalue weighted by atomic mass is 10.0. The van der Waals surface area contributed by atoms with Crippen LogP contribution in [0.15, 0.2) is 36.4 Å². The normalized spacial score (nSPS) is 20.6. The Bertz CT molecular complexity index is 930. The van der Waals surface area contributed by atoms with Gasteiger partial charge in [0.05, 0.1) is 25.0 Å². The minimum absolute atomic E-state index is 0.0632. The van der Waals surface area contributed by atoms with Crippen LogP contribution in [0.3, 0.4) is 0 Å². The molecule has 3 rings (SSSR count). The van der Waals surface area contributed by atoms with Crippen molar-refractivity contribution in [2.45, 2.75) is 6.04 Å². The van der Waals surface area contributed by atoms with Crippen LogP contribution in [0.4, 0.5) is 0 Å². The molecule has 26 heavy (non-hydrogen) atoms. The number of amides is 1. The molecule has 140 valence electrons. The summed E-state index contributed by atoms with van der Waals surface area (Å²) in [5, 5.41) is 5.07. The SMILES string of the molecule is CN(C)S(=O)(=O)C[C@@H]1COC[C@@H]1NC(=O)c1cccc2c(Cl)cccc12. The number of carbonyl (C=O) groups is 1. The second kappa shape index (κ2) is 7.52. The first kappa shape index (κ1) is 19.1. The average Bonchev–Trinajstić information content (AvgIpc) is 3.00. The van der Waals surface area contributed by atoms with Crippen LogP contribution in [-0.4, -0.2) is 57.7 Å². The predicted molar refractivity (Wildman–Crippen MR) is 102 cm³/mol. The van der Waals surface area contributed by atoms with Crippen molar-refractivity contribution in [2.75, 3.05) is 33.1 Å². The van der Waals surface area contributed by atoms with E-state index in [1.54, 1.807) is 24.3 Å². The second-order valence-corrected chi connectivity index (χ2v) is 9.21. The summed E-state index contributed by atoms with van der Waals surface area (Å²) in [4.78, 5) is 12.8. The lowest BCUT2D eigenvalue weighted by molar-refractivity contribution is 0.0927. The average molecular weight is 397 g/mol. The summed E-state index contributed by atoms with van der Waals surface area (Å²) in [5.41, 5.74) is 0.506. The molecule has 2 aromatic rings. The van der Waals surface area contributed by atoms with Crippen molar-refractivity contribution in [3.8, 4) is 0 Å². The molecule has 1 heterocycles. The van der Waals surface area contributed by atoms with E-state index >= 15 is 0 Å². The fourth-order valence-corrected chi connectivity index (χ4v) is 4.46. The highest BCUT2D eigenvalue weighted by molar-refractivity contribution is 7.89. The fourth-order valence-electron chi connectivity index (χ4n) is 3.06. The molecule has 1 aliphatic heterocycles. The lowest BCUT2D eigenvalue weighted by Crippen LogP contribution is -2.43. The molecule has 8 heteroatoms. The summed E-state index contributed by atoms with van der Waals surface area (Å²) in [6.45, 7) is 0.601. The molecular formula is C18H21ClN2O4S. The first-order valence-corrected chi connectivity index (χ1v) is 10.2. The number of halogens is 1. The van der Waals surface area contributed by atoms with E-state index < -0.39 is 10.0 Å². The van der Waals surface area contributed by atoms with Crippen molar-refractivity contribution in [2.24, 2.45) is 5.92 Å². The Morgan fingerprint density at radius 3 is 2.62 bits per heavy atom. The van der Waals surface area contributed by atoms with Gasteiger partial charge in [0.25, 0.3) is 5.91 Å². The summed E-state index contributed by atoms with van der Waals surface area (Å²) in [7, 11) is -0.373. The van der Waals surface area contributed by atoms with Crippen LogP contribution >= 0.6 is 11.6 Å². The zero-order chi connectivity index (χ0) is 18.9. The quantitative estimate of drug-likeness (QED) is 0.840. The zero-order valence-electron chi connectivity index (χ0n) is 14.6. The maximum absolute atomic E-state index is 12.8. The standard InChI is InChI=1S/C18H21ClN2O4S/c1-21(2)26(23,24)11-12-9-25-10-17(12)20-18(22)15-7-3-6-14-13(15)5-4-8-16(14)19/h3-8,12,17H,9-11H2,1-2H3,(H,20,22)/t12-,17-/m0/s1. The highest BCUT2D eigenvalue weighted by Gasteiger charge is 2.34. The van der Waals surface area contributed by atoms with E-state index in [0.717, 1.165) is 10.8 Å². The first-order chi connectivity index (χ1) is 12.3. The second-order valence-electron chi connectivity index (χ2n) is 6.58. The third kappa shape index (κ3) is 3.86. The fraction of sp³-hybridized carbons (Fsp3) is 0.389. The smallest absolute Gasteiger partial charge is 0.252 e. The van der Waals surface area contributed by atoms with E-state index in [1.165, 1.54) is 18.4 Å². The summed E-state index contributed by atoms with van der Waals surface area (Å²) in [5.74, 6) is -0.614. The molecule has 6 nitrogen and oxygen atoms in total. The molecule has 0 spiro atoms. The van der Waals surface area contributed by atoms with E-state index in [0.29, 0.717) is 23.8 Å². The third-order valence-electron chi connectivity index (χ3n) is 4.61. The number of fused-ring (bicyclic) bond motifs is 1. The first-order valence-electron chi connectivity index (χ1n) is 8.25. The Balaban J connectivity index is 1.81. The van der Waals surface area contributed by atoms with Gasteiger partial charge in [-0.3, -0.25) is 4.79 Å². The number of hydrogen-bond donors (Lipinski definition) is 1. The molecule has 0 unspecified atom stereocenters. The molecule has 0 aliphatic carbocycles. The monoisotopic (exact) mass is 396 g/mol. The molecule has 0 bridgehead atoms. The van der Waals surface area contributed by atoms with Crippen LogP contribution in [-0.2, 0) is 14.8 Å². The molecular weight excluding hydrogens is 376 g/mol. The summed E-state index contributed by atoms with van der Waals surface area (Å²) < 4.78 is 30.9. The van der Waals surface area contributed by atoms with Gasteiger partial charge < -0.3 is 10.1 Å². The summed E-state index contributed by atoms with van der Waals surface area (Å²) >= 11 is 6.21. The largest absolute Gasteiger partial charge is 0.379 e. The van der Waals surface area contributed by atoms with Crippen molar-refractivity contribution < 1.29 is 17.9 Å². The van der Waals surface area contributed by atoms with Gasteiger partial charge in [-0.2, -0.15) is 0 Å². The van der Waals surface area contributed by atoms with Gasteiger partial charge >= 0.3 is 0 Å². The van der Waals surface area contributed by atoms with Gasteiger partial charge in [-0.25, -0.2) is 12.7 Å². The van der Waals surface area contributed by atoms with Crippen molar-refractivity contribution in [3.63, 3.8) is 0 Å². The van der Waals surface area contributed by atoms with Crippen LogP contribution < -0.4 is 5.32 Å². The van der Waals surface area contributed by atoms with E-state index in [-0.39, 0.29) is 23.6 Å². The molecule has 0 radical (unpaired) electrons. The number of nitrogens with one attached hydrogen (secondary N) is 1. The van der Waals surface area contributed by atoms with E-state index in [1.807, 2.05) is 12.1 Å². The number of hydrogen-bond acceptors (Lipinski definition) is 4. The van der Waals surface area contributed by atoms with Gasteiger partial charge in [0.15, 0.2) is 0 Å². The number of ether oxygens (including phenoxy) is 1. The number of nitrogens with zero attached hydrogens (tertiary/aromatic N) is 1. The minimum Gasteiger partial charge on any atom is -0.379 e. The van der Waals surface area contributed by atoms with Crippen LogP contribution in [0.1, 0.15) is 10.4 Å². The van der Waals surface area contributed by atoms with Crippen LogP contribution in [0, 0.1) is 5.92 Å². The highest BCUT2D eigenvalue weighted by atomic mass is 35.5. The van der Waals surface area contributed by atoms with Gasteiger partial charge in [-0.1, -0.05) is 35.9 Å². The molecule has 1 amide bonds. The van der Waals surface area contributed by atoms with Crippen LogP contribution in [0.2, 0.25) is 5.02 Å². The van der Waals surface area contributed by atoms with Crippen LogP contribution in [0.5, 0.6) is 0 Å². The minimum atomic E-state index is -3.37. The van der Waals surface area contributed by atoms with Gasteiger partial charge in [0.2, 0.25) is 10.0 Å². The molecule has 1 fully saturated rings. The molecule has 1 saturated heterocycles. The lowest BCUT2D eigenvalue weighted by Gasteiger charge is -2.21. The maximum atomic E-state index is 12.8.